The lowest BCUT2D eigenvalue weighted by atomic mass is 10.1. The van der Waals surface area contributed by atoms with Crippen molar-refractivity contribution in [3.05, 3.63) is 12.7 Å². The molecule has 1 unspecified atom stereocenters. The summed E-state index contributed by atoms with van der Waals surface area (Å²) >= 11 is 0. The fourth-order valence-corrected chi connectivity index (χ4v) is 1.27. The molecule has 1 aliphatic heterocycles. The van der Waals surface area contributed by atoms with E-state index in [1.165, 1.54) is 0 Å². The van der Waals surface area contributed by atoms with E-state index in [2.05, 4.69) is 6.58 Å². The van der Waals surface area contributed by atoms with Crippen molar-refractivity contribution in [1.82, 2.24) is 0 Å². The maximum Gasteiger partial charge on any atom is 0.198 e. The molecule has 0 aromatic rings. The monoisotopic (exact) mass is 186 g/mol. The Bertz CT molecular complexity index is 150. The topological polar surface area (TPSA) is 27.7 Å². The Balaban J connectivity index is 2.13. The number of rotatable bonds is 5. The van der Waals surface area contributed by atoms with Crippen LogP contribution in [-0.2, 0) is 14.5 Å². The fraction of sp³-hybridized carbons (Fsp3) is 0.800. The molecule has 3 nitrogen and oxygen atoms in total. The zero-order chi connectivity index (χ0) is 9.57. The van der Waals surface area contributed by atoms with Crippen LogP contribution in [0.15, 0.2) is 12.7 Å². The molecule has 0 aliphatic carbocycles. The largest absolute Gasteiger partial charge is 0.348 e. The molecule has 0 saturated carbocycles. The molecular formula is C10H18O3. The van der Waals surface area contributed by atoms with Gasteiger partial charge in [0.25, 0.3) is 0 Å². The summed E-state index contributed by atoms with van der Waals surface area (Å²) in [6, 6.07) is 0. The Hall–Kier alpha value is -0.380. The van der Waals surface area contributed by atoms with Crippen LogP contribution in [0.25, 0.3) is 0 Å². The van der Waals surface area contributed by atoms with Gasteiger partial charge in [-0.05, 0) is 26.2 Å². The molecule has 0 amide bonds. The number of hydrogen-bond acceptors (Lipinski definition) is 3. The lowest BCUT2D eigenvalue weighted by Gasteiger charge is -2.31. The molecule has 1 aliphatic rings. The van der Waals surface area contributed by atoms with Gasteiger partial charge in [0.1, 0.15) is 0 Å². The van der Waals surface area contributed by atoms with E-state index in [0.717, 1.165) is 32.3 Å². The molecule has 1 atom stereocenters. The first-order valence-corrected chi connectivity index (χ1v) is 4.82. The molecule has 1 saturated heterocycles. The quantitative estimate of drug-likeness (QED) is 0.285. The van der Waals surface area contributed by atoms with Crippen molar-refractivity contribution in [3.8, 4) is 0 Å². The fourth-order valence-electron chi connectivity index (χ4n) is 1.27. The number of ether oxygens (including phenoxy) is 1. The smallest absolute Gasteiger partial charge is 0.198 e. The summed E-state index contributed by atoms with van der Waals surface area (Å²) in [4.78, 5) is 10.2. The van der Waals surface area contributed by atoms with Crippen LogP contribution in [0.2, 0.25) is 0 Å². The third-order valence-corrected chi connectivity index (χ3v) is 2.07. The van der Waals surface area contributed by atoms with Crippen molar-refractivity contribution in [2.24, 2.45) is 0 Å². The van der Waals surface area contributed by atoms with Crippen LogP contribution in [-0.4, -0.2) is 19.0 Å². The van der Waals surface area contributed by atoms with Crippen molar-refractivity contribution < 1.29 is 14.5 Å². The Morgan fingerprint density at radius 2 is 2.38 bits per heavy atom. The lowest BCUT2D eigenvalue weighted by Crippen LogP contribution is -2.36. The Kier molecular flexibility index (Phi) is 4.42. The Morgan fingerprint density at radius 1 is 1.54 bits per heavy atom. The van der Waals surface area contributed by atoms with E-state index in [4.69, 9.17) is 14.5 Å². The summed E-state index contributed by atoms with van der Waals surface area (Å²) in [5.74, 6) is -0.528. The Morgan fingerprint density at radius 3 is 3.00 bits per heavy atom. The highest BCUT2D eigenvalue weighted by atomic mass is 17.2. The minimum Gasteiger partial charge on any atom is -0.348 e. The van der Waals surface area contributed by atoms with E-state index in [1.54, 1.807) is 6.08 Å². The van der Waals surface area contributed by atoms with Crippen molar-refractivity contribution in [2.75, 3.05) is 13.2 Å². The van der Waals surface area contributed by atoms with Crippen molar-refractivity contribution >= 4 is 0 Å². The zero-order valence-electron chi connectivity index (χ0n) is 8.25. The highest BCUT2D eigenvalue weighted by Gasteiger charge is 2.29. The molecule has 76 valence electrons. The molecule has 1 fully saturated rings. The van der Waals surface area contributed by atoms with E-state index in [0.29, 0.717) is 6.61 Å². The zero-order valence-corrected chi connectivity index (χ0v) is 8.25. The summed E-state index contributed by atoms with van der Waals surface area (Å²) in [6.07, 6.45) is 5.76. The molecular weight excluding hydrogens is 168 g/mol. The van der Waals surface area contributed by atoms with Gasteiger partial charge in [0.2, 0.25) is 0 Å². The van der Waals surface area contributed by atoms with Crippen LogP contribution in [0.3, 0.4) is 0 Å². The van der Waals surface area contributed by atoms with Crippen LogP contribution < -0.4 is 0 Å². The molecule has 0 spiro atoms. The highest BCUT2D eigenvalue weighted by Crippen LogP contribution is 2.25. The molecule has 1 rings (SSSR count). The molecule has 1 heterocycles. The highest BCUT2D eigenvalue weighted by molar-refractivity contribution is 4.67. The molecule has 0 bridgehead atoms. The first-order chi connectivity index (χ1) is 6.27. The van der Waals surface area contributed by atoms with Gasteiger partial charge in [0.15, 0.2) is 5.79 Å². The lowest BCUT2D eigenvalue weighted by molar-refractivity contribution is -0.430. The second-order valence-corrected chi connectivity index (χ2v) is 3.42. The second-order valence-electron chi connectivity index (χ2n) is 3.42. The molecule has 13 heavy (non-hydrogen) atoms. The first-order valence-electron chi connectivity index (χ1n) is 4.82. The molecule has 0 aromatic heterocycles. The normalized spacial score (nSPS) is 28.7. The SMILES string of the molecule is C=CCCOOC1(C)CCCCO1. The Labute approximate surface area is 79.6 Å². The van der Waals surface area contributed by atoms with Gasteiger partial charge in [-0.1, -0.05) is 6.08 Å². The van der Waals surface area contributed by atoms with Gasteiger partial charge < -0.3 is 4.74 Å². The van der Waals surface area contributed by atoms with Gasteiger partial charge in [0.05, 0.1) is 13.2 Å². The van der Waals surface area contributed by atoms with E-state index >= 15 is 0 Å². The van der Waals surface area contributed by atoms with Crippen molar-refractivity contribution in [1.29, 1.82) is 0 Å². The van der Waals surface area contributed by atoms with Gasteiger partial charge in [0, 0.05) is 6.42 Å². The summed E-state index contributed by atoms with van der Waals surface area (Å²) in [5.41, 5.74) is 0. The first kappa shape index (κ1) is 10.7. The van der Waals surface area contributed by atoms with Gasteiger partial charge in [-0.15, -0.1) is 6.58 Å². The molecule has 0 aromatic carbocycles. The molecule has 3 heteroatoms. The van der Waals surface area contributed by atoms with Gasteiger partial charge in [-0.25, -0.2) is 9.78 Å². The summed E-state index contributed by atoms with van der Waals surface area (Å²) in [6.45, 7) is 6.82. The third-order valence-electron chi connectivity index (χ3n) is 2.07. The maximum absolute atomic E-state index is 5.47. The average molecular weight is 186 g/mol. The van der Waals surface area contributed by atoms with Crippen LogP contribution in [0.4, 0.5) is 0 Å². The maximum atomic E-state index is 5.47. The van der Waals surface area contributed by atoms with E-state index in [1.807, 2.05) is 6.92 Å². The summed E-state index contributed by atoms with van der Waals surface area (Å²) in [7, 11) is 0. The van der Waals surface area contributed by atoms with Crippen LogP contribution >= 0.6 is 0 Å². The third kappa shape index (κ3) is 3.89. The predicted molar refractivity (Wildman–Crippen MR) is 50.1 cm³/mol. The minimum atomic E-state index is -0.528. The van der Waals surface area contributed by atoms with Gasteiger partial charge in [-0.3, -0.25) is 0 Å². The van der Waals surface area contributed by atoms with Gasteiger partial charge >= 0.3 is 0 Å². The number of hydrogen-bond donors (Lipinski definition) is 0. The summed E-state index contributed by atoms with van der Waals surface area (Å²) < 4.78 is 5.47. The minimum absolute atomic E-state index is 0.528. The van der Waals surface area contributed by atoms with Crippen LogP contribution in [0, 0.1) is 0 Å². The van der Waals surface area contributed by atoms with E-state index < -0.39 is 5.79 Å². The van der Waals surface area contributed by atoms with Crippen LogP contribution in [0.1, 0.15) is 32.6 Å². The van der Waals surface area contributed by atoms with E-state index in [-0.39, 0.29) is 0 Å². The molecule has 0 radical (unpaired) electrons. The average Bonchev–Trinajstić information content (AvgIpc) is 2.14. The standard InChI is InChI=1S/C10H18O3/c1-3-4-9-12-13-10(2)7-5-6-8-11-10/h3H,1,4-9H2,2H3. The van der Waals surface area contributed by atoms with Crippen molar-refractivity contribution in [3.63, 3.8) is 0 Å². The van der Waals surface area contributed by atoms with Crippen molar-refractivity contribution in [2.45, 2.75) is 38.4 Å². The predicted octanol–water partition coefficient (Wildman–Crippen LogP) is 2.43. The van der Waals surface area contributed by atoms with E-state index in [9.17, 15) is 0 Å². The van der Waals surface area contributed by atoms with Crippen LogP contribution in [0.5, 0.6) is 0 Å². The molecule has 0 N–H and O–H groups in total. The second kappa shape index (κ2) is 5.37. The summed E-state index contributed by atoms with van der Waals surface area (Å²) in [5, 5.41) is 0. The van der Waals surface area contributed by atoms with Gasteiger partial charge in [-0.2, -0.15) is 0 Å².